The Hall–Kier alpha value is -2.83. The molecule has 13 heteroatoms. The Kier molecular flexibility index (Phi) is 6.91. The number of hydrogen-bond acceptors (Lipinski definition) is 7. The minimum atomic E-state index is -4.34. The molecule has 1 N–H and O–H groups in total. The summed E-state index contributed by atoms with van der Waals surface area (Å²) >= 11 is 6.44. The SMILES string of the molecule is Cc1cc(CN2C(=O)C(C3=Nc4ccc(NS(=O)(=O)C5CC5)cc4S(=O)(=O)C3Cl)C(=O)[C@@H]2C(C)(C)C)ccc1F. The molecule has 1 saturated carbocycles. The first-order valence-corrected chi connectivity index (χ1v) is 16.3. The number of halogens is 2. The van der Waals surface area contributed by atoms with Gasteiger partial charge >= 0.3 is 0 Å². The third-order valence-corrected chi connectivity index (χ3v) is 11.9. The number of carbonyl (C=O) groups is 2. The number of anilines is 1. The first-order valence-electron chi connectivity index (χ1n) is 12.7. The molecule has 2 fully saturated rings. The molecule has 9 nitrogen and oxygen atoms in total. The molecule has 3 atom stereocenters. The van der Waals surface area contributed by atoms with Gasteiger partial charge < -0.3 is 4.90 Å². The summed E-state index contributed by atoms with van der Waals surface area (Å²) in [6, 6.07) is 7.36. The van der Waals surface area contributed by atoms with Gasteiger partial charge in [0.05, 0.1) is 27.6 Å². The van der Waals surface area contributed by atoms with Crippen molar-refractivity contribution in [1.82, 2.24) is 4.90 Å². The molecule has 2 heterocycles. The van der Waals surface area contributed by atoms with Crippen LogP contribution in [0.2, 0.25) is 0 Å². The third kappa shape index (κ3) is 4.94. The summed E-state index contributed by atoms with van der Waals surface area (Å²) in [5.74, 6) is -3.08. The molecule has 2 aromatic carbocycles. The van der Waals surface area contributed by atoms with Gasteiger partial charge in [0.2, 0.25) is 25.8 Å². The number of likely N-dealkylation sites (tertiary alicyclic amines) is 1. The molecule has 5 rings (SSSR count). The van der Waals surface area contributed by atoms with E-state index in [1.807, 2.05) is 0 Å². The number of sulfonamides is 1. The van der Waals surface area contributed by atoms with Crippen molar-refractivity contribution >= 4 is 60.2 Å². The fraction of sp³-hybridized carbons (Fsp3) is 0.444. The summed E-state index contributed by atoms with van der Waals surface area (Å²) in [7, 11) is -7.98. The van der Waals surface area contributed by atoms with Crippen LogP contribution in [0.25, 0.3) is 0 Å². The lowest BCUT2D eigenvalue weighted by Crippen LogP contribution is -2.44. The van der Waals surface area contributed by atoms with E-state index in [9.17, 15) is 30.8 Å². The van der Waals surface area contributed by atoms with Crippen molar-refractivity contribution < 1.29 is 30.8 Å². The standard InChI is InChI=1S/C27H29ClFN3O6S2/c1-14-11-15(5-9-18(14)29)13-32-24(27(2,3)4)23(33)21(26(32)34)22-25(28)39(35,36)20-12-16(6-10-19(20)30-22)31-40(37,38)17-7-8-17/h5-6,9-12,17,21,24-25,31H,7-8,13H2,1-4H3/t21?,24-,25?/m1/s1. The number of nitrogens with zero attached hydrogens (tertiary/aromatic N) is 2. The first kappa shape index (κ1) is 28.7. The van der Waals surface area contributed by atoms with E-state index in [0.29, 0.717) is 24.0 Å². The number of ketones is 1. The normalized spacial score (nSPS) is 24.6. The van der Waals surface area contributed by atoms with Gasteiger partial charge in [0.1, 0.15) is 11.7 Å². The Morgan fingerprint density at radius 1 is 1.12 bits per heavy atom. The van der Waals surface area contributed by atoms with Gasteiger partial charge in [0.15, 0.2) is 10.5 Å². The zero-order chi connectivity index (χ0) is 29.4. The van der Waals surface area contributed by atoms with E-state index in [0.717, 1.165) is 6.07 Å². The third-order valence-electron chi connectivity index (χ3n) is 7.33. The summed E-state index contributed by atoms with van der Waals surface area (Å²) in [6.45, 7) is 7.00. The van der Waals surface area contributed by atoms with Crippen LogP contribution < -0.4 is 4.72 Å². The van der Waals surface area contributed by atoms with Crippen molar-refractivity contribution in [2.75, 3.05) is 4.72 Å². The monoisotopic (exact) mass is 609 g/mol. The number of aryl methyl sites for hydroxylation is 1. The van der Waals surface area contributed by atoms with Gasteiger partial charge in [-0.05, 0) is 60.6 Å². The number of sulfone groups is 1. The number of amides is 1. The molecule has 3 aliphatic rings. The van der Waals surface area contributed by atoms with Crippen LogP contribution >= 0.6 is 11.6 Å². The molecule has 0 spiro atoms. The minimum absolute atomic E-state index is 0.0121. The van der Waals surface area contributed by atoms with Crippen molar-refractivity contribution in [1.29, 1.82) is 0 Å². The zero-order valence-electron chi connectivity index (χ0n) is 22.3. The van der Waals surface area contributed by atoms with Crippen LogP contribution in [0.1, 0.15) is 44.7 Å². The number of benzene rings is 2. The maximum absolute atomic E-state index is 13.8. The van der Waals surface area contributed by atoms with Gasteiger partial charge in [-0.15, -0.1) is 0 Å². The summed E-state index contributed by atoms with van der Waals surface area (Å²) < 4.78 is 66.1. The predicted molar refractivity (Wildman–Crippen MR) is 149 cm³/mol. The number of Topliss-reactive ketones (excluding diaryl/α,β-unsaturated/α-hetero) is 1. The number of rotatable bonds is 6. The van der Waals surface area contributed by atoms with Crippen LogP contribution in [-0.2, 0) is 36.0 Å². The van der Waals surface area contributed by atoms with Crippen molar-refractivity contribution in [3.05, 3.63) is 53.3 Å². The van der Waals surface area contributed by atoms with Gasteiger partial charge in [-0.25, -0.2) is 21.2 Å². The first-order chi connectivity index (χ1) is 18.5. The van der Waals surface area contributed by atoms with Crippen LogP contribution in [0.4, 0.5) is 15.8 Å². The van der Waals surface area contributed by atoms with E-state index >= 15 is 0 Å². The summed E-state index contributed by atoms with van der Waals surface area (Å²) in [5.41, 5.74) is 0.0147. The van der Waals surface area contributed by atoms with E-state index in [1.165, 1.54) is 29.2 Å². The summed E-state index contributed by atoms with van der Waals surface area (Å²) in [5, 5.41) is -0.512. The highest BCUT2D eigenvalue weighted by atomic mass is 35.5. The second kappa shape index (κ2) is 9.63. The number of aliphatic imine (C=N–C) groups is 1. The second-order valence-electron chi connectivity index (χ2n) is 11.6. The molecule has 1 amide bonds. The molecule has 0 radical (unpaired) electrons. The van der Waals surface area contributed by atoms with Crippen molar-refractivity contribution in [2.45, 2.75) is 68.0 Å². The van der Waals surface area contributed by atoms with Crippen LogP contribution in [0.3, 0.4) is 0 Å². The van der Waals surface area contributed by atoms with Gasteiger partial charge in [-0.1, -0.05) is 44.5 Å². The molecule has 0 bridgehead atoms. The second-order valence-corrected chi connectivity index (χ2v) is 16.2. The van der Waals surface area contributed by atoms with Crippen LogP contribution in [-0.4, -0.2) is 55.1 Å². The highest BCUT2D eigenvalue weighted by molar-refractivity contribution is 7.94. The van der Waals surface area contributed by atoms with Crippen molar-refractivity contribution in [3.63, 3.8) is 0 Å². The molecule has 0 aromatic heterocycles. The molecule has 2 aliphatic heterocycles. The lowest BCUT2D eigenvalue weighted by atomic mass is 9.82. The molecule has 1 saturated heterocycles. The molecule has 2 aromatic rings. The maximum atomic E-state index is 13.8. The van der Waals surface area contributed by atoms with Crippen LogP contribution in [0, 0.1) is 24.1 Å². The van der Waals surface area contributed by atoms with E-state index in [2.05, 4.69) is 9.71 Å². The van der Waals surface area contributed by atoms with Crippen molar-refractivity contribution in [2.24, 2.45) is 16.3 Å². The van der Waals surface area contributed by atoms with E-state index in [1.54, 1.807) is 33.8 Å². The molecular formula is C27H29ClFN3O6S2. The molecule has 214 valence electrons. The fourth-order valence-electron chi connectivity index (χ4n) is 5.24. The molecule has 1 aliphatic carbocycles. The quantitative estimate of drug-likeness (QED) is 0.388. The lowest BCUT2D eigenvalue weighted by molar-refractivity contribution is -0.132. The predicted octanol–water partition coefficient (Wildman–Crippen LogP) is 4.11. The van der Waals surface area contributed by atoms with Gasteiger partial charge in [-0.3, -0.25) is 19.3 Å². The Labute approximate surface area is 237 Å². The largest absolute Gasteiger partial charge is 0.327 e. The Morgan fingerprint density at radius 3 is 2.40 bits per heavy atom. The van der Waals surface area contributed by atoms with Gasteiger partial charge in [0.25, 0.3) is 0 Å². The summed E-state index contributed by atoms with van der Waals surface area (Å²) in [6.07, 6.45) is 1.07. The maximum Gasteiger partial charge on any atom is 0.240 e. The Morgan fingerprint density at radius 2 is 1.80 bits per heavy atom. The fourth-order valence-corrected chi connectivity index (χ4v) is 8.51. The van der Waals surface area contributed by atoms with E-state index in [4.69, 9.17) is 11.6 Å². The summed E-state index contributed by atoms with van der Waals surface area (Å²) in [4.78, 5) is 33.1. The number of alkyl halides is 1. The average molecular weight is 610 g/mol. The van der Waals surface area contributed by atoms with Crippen LogP contribution in [0.5, 0.6) is 0 Å². The number of carbonyl (C=O) groups excluding carboxylic acids is 2. The number of hydrogen-bond donors (Lipinski definition) is 1. The molecule has 40 heavy (non-hydrogen) atoms. The van der Waals surface area contributed by atoms with Gasteiger partial charge in [-0.2, -0.15) is 0 Å². The topological polar surface area (TPSA) is 130 Å². The zero-order valence-corrected chi connectivity index (χ0v) is 24.7. The average Bonchev–Trinajstić information content (AvgIpc) is 3.67. The minimum Gasteiger partial charge on any atom is -0.327 e. The lowest BCUT2D eigenvalue weighted by Gasteiger charge is -2.33. The highest BCUT2D eigenvalue weighted by Gasteiger charge is 2.56. The van der Waals surface area contributed by atoms with E-state index < -0.39 is 64.7 Å². The smallest absolute Gasteiger partial charge is 0.240 e. The van der Waals surface area contributed by atoms with Crippen LogP contribution in [0.15, 0.2) is 46.3 Å². The molecule has 2 unspecified atom stereocenters. The van der Waals surface area contributed by atoms with Gasteiger partial charge in [0, 0.05) is 12.2 Å². The number of fused-ring (bicyclic) bond motifs is 1. The Balaban J connectivity index is 1.54. The Bertz CT molecular complexity index is 1680. The molecular weight excluding hydrogens is 581 g/mol. The van der Waals surface area contributed by atoms with E-state index in [-0.39, 0.29) is 28.5 Å². The number of nitrogens with one attached hydrogen (secondary N) is 1. The van der Waals surface area contributed by atoms with Crippen molar-refractivity contribution in [3.8, 4) is 0 Å². The highest BCUT2D eigenvalue weighted by Crippen LogP contribution is 2.43.